The first-order valence-electron chi connectivity index (χ1n) is 5.96. The van der Waals surface area contributed by atoms with Gasteiger partial charge in [0.25, 0.3) is 0 Å². The number of rotatable bonds is 0. The average molecular weight is 230 g/mol. The fourth-order valence-electron chi connectivity index (χ4n) is 1.67. The first-order valence-corrected chi connectivity index (χ1v) is 5.96. The fourth-order valence-corrected chi connectivity index (χ4v) is 1.67. The second-order valence-corrected chi connectivity index (χ2v) is 3.98. The number of fused-ring (bicyclic) bond motifs is 1. The third kappa shape index (κ3) is 3.76. The number of hydrogen-bond donors (Lipinski definition) is 2. The van der Waals surface area contributed by atoms with Crippen LogP contribution in [0.5, 0.6) is 0 Å². The Kier molecular flexibility index (Phi) is 4.41. The van der Waals surface area contributed by atoms with Crippen LogP contribution in [-0.4, -0.2) is 36.1 Å². The average Bonchev–Trinajstić information content (AvgIpc) is 2.41. The molecule has 4 nitrogen and oxygen atoms in total. The first kappa shape index (κ1) is 12.0. The van der Waals surface area contributed by atoms with Crippen LogP contribution in [0.3, 0.4) is 0 Å². The van der Waals surface area contributed by atoms with Crippen LogP contribution in [0.25, 0.3) is 10.9 Å². The van der Waals surface area contributed by atoms with Crippen LogP contribution < -0.4 is 10.6 Å². The number of nitrogens with one attached hydrogen (secondary N) is 2. The van der Waals surface area contributed by atoms with Crippen molar-refractivity contribution >= 4 is 10.9 Å². The van der Waals surface area contributed by atoms with Gasteiger partial charge in [-0.3, -0.25) is 0 Å². The van der Waals surface area contributed by atoms with Crippen molar-refractivity contribution in [3.8, 4) is 0 Å². The molecule has 0 radical (unpaired) electrons. The molecular formula is C13H18N4. The quantitative estimate of drug-likeness (QED) is 0.712. The maximum Gasteiger partial charge on any atom is 0.125 e. The highest BCUT2D eigenvalue weighted by molar-refractivity contribution is 5.77. The van der Waals surface area contributed by atoms with E-state index in [1.54, 1.807) is 0 Å². The Morgan fingerprint density at radius 2 is 1.65 bits per heavy atom. The molecule has 0 bridgehead atoms. The van der Waals surface area contributed by atoms with Gasteiger partial charge in [-0.05, 0) is 13.0 Å². The largest absolute Gasteiger partial charge is 0.314 e. The second kappa shape index (κ2) is 6.27. The Labute approximate surface area is 101 Å². The lowest BCUT2D eigenvalue weighted by atomic mass is 10.2. The molecule has 1 aliphatic heterocycles. The van der Waals surface area contributed by atoms with Crippen LogP contribution in [0.1, 0.15) is 5.82 Å². The van der Waals surface area contributed by atoms with Gasteiger partial charge in [-0.15, -0.1) is 0 Å². The van der Waals surface area contributed by atoms with E-state index >= 15 is 0 Å². The molecule has 3 rings (SSSR count). The summed E-state index contributed by atoms with van der Waals surface area (Å²) in [5.41, 5.74) is 1.01. The Bertz CT molecular complexity index is 454. The second-order valence-electron chi connectivity index (χ2n) is 3.98. The molecule has 90 valence electrons. The zero-order valence-electron chi connectivity index (χ0n) is 10.1. The molecule has 4 heteroatoms. The van der Waals surface area contributed by atoms with E-state index in [1.807, 2.05) is 37.4 Å². The van der Waals surface area contributed by atoms with Crippen LogP contribution >= 0.6 is 0 Å². The van der Waals surface area contributed by atoms with Gasteiger partial charge >= 0.3 is 0 Å². The topological polar surface area (TPSA) is 49.8 Å². The molecule has 1 aliphatic rings. The first-order chi connectivity index (χ1) is 8.36. The van der Waals surface area contributed by atoms with Crippen molar-refractivity contribution in [3.05, 3.63) is 36.3 Å². The predicted molar refractivity (Wildman–Crippen MR) is 70.0 cm³/mol. The van der Waals surface area contributed by atoms with Crippen LogP contribution in [0, 0.1) is 6.92 Å². The zero-order chi connectivity index (χ0) is 11.9. The van der Waals surface area contributed by atoms with E-state index in [1.165, 1.54) is 0 Å². The van der Waals surface area contributed by atoms with Crippen molar-refractivity contribution in [1.29, 1.82) is 0 Å². The van der Waals surface area contributed by atoms with E-state index in [0.717, 1.165) is 42.9 Å². The third-order valence-electron chi connectivity index (χ3n) is 2.57. The van der Waals surface area contributed by atoms with Crippen LogP contribution in [0.15, 0.2) is 30.5 Å². The number of nitrogens with zero attached hydrogens (tertiary/aromatic N) is 2. The van der Waals surface area contributed by atoms with Gasteiger partial charge in [0.1, 0.15) is 5.82 Å². The molecule has 17 heavy (non-hydrogen) atoms. The number of aromatic nitrogens is 2. The summed E-state index contributed by atoms with van der Waals surface area (Å²) >= 11 is 0. The molecule has 0 amide bonds. The summed E-state index contributed by atoms with van der Waals surface area (Å²) in [6, 6.07) is 7.97. The van der Waals surface area contributed by atoms with Crippen LogP contribution in [0.4, 0.5) is 0 Å². The lowest BCUT2D eigenvalue weighted by Crippen LogP contribution is -2.39. The molecule has 0 aliphatic carbocycles. The maximum absolute atomic E-state index is 4.26. The Hall–Kier alpha value is -1.52. The molecule has 1 fully saturated rings. The summed E-state index contributed by atoms with van der Waals surface area (Å²) in [7, 11) is 0. The molecule has 1 aromatic carbocycles. The third-order valence-corrected chi connectivity index (χ3v) is 2.57. The normalized spacial score (nSPS) is 15.1. The Morgan fingerprint density at radius 3 is 2.29 bits per heavy atom. The number of aryl methyl sites for hydroxylation is 1. The Morgan fingerprint density at radius 1 is 1.00 bits per heavy atom. The lowest BCUT2D eigenvalue weighted by molar-refractivity contribution is 0.534. The lowest BCUT2D eigenvalue weighted by Gasteiger charge is -2.11. The molecule has 2 N–H and O–H groups in total. The zero-order valence-corrected chi connectivity index (χ0v) is 10.1. The van der Waals surface area contributed by atoms with E-state index in [0.29, 0.717) is 0 Å². The fraction of sp³-hybridized carbons (Fsp3) is 0.385. The minimum atomic E-state index is 0.823. The minimum Gasteiger partial charge on any atom is -0.314 e. The van der Waals surface area contributed by atoms with E-state index in [9.17, 15) is 0 Å². The van der Waals surface area contributed by atoms with Gasteiger partial charge < -0.3 is 10.6 Å². The van der Waals surface area contributed by atoms with Gasteiger partial charge in [0.05, 0.1) is 5.52 Å². The van der Waals surface area contributed by atoms with Gasteiger partial charge in [-0.25, -0.2) is 9.97 Å². The van der Waals surface area contributed by atoms with Crippen molar-refractivity contribution in [2.45, 2.75) is 6.92 Å². The standard InChI is InChI=1S/C9H8N2.C4H10N2/c1-7-10-6-8-4-2-3-5-9(8)11-7;1-2-6-4-3-5-1/h2-6H,1H3;5-6H,1-4H2. The molecule has 0 spiro atoms. The molecule has 1 aromatic heterocycles. The molecular weight excluding hydrogens is 212 g/mol. The molecule has 2 heterocycles. The maximum atomic E-state index is 4.26. The van der Waals surface area contributed by atoms with Gasteiger partial charge in [0, 0.05) is 37.8 Å². The van der Waals surface area contributed by atoms with Gasteiger partial charge in [0.15, 0.2) is 0 Å². The van der Waals surface area contributed by atoms with E-state index in [4.69, 9.17) is 0 Å². The van der Waals surface area contributed by atoms with Crippen molar-refractivity contribution in [2.75, 3.05) is 26.2 Å². The van der Waals surface area contributed by atoms with Crippen LogP contribution in [-0.2, 0) is 0 Å². The van der Waals surface area contributed by atoms with Crippen molar-refractivity contribution in [1.82, 2.24) is 20.6 Å². The highest BCUT2D eigenvalue weighted by atomic mass is 15.0. The van der Waals surface area contributed by atoms with Crippen molar-refractivity contribution in [3.63, 3.8) is 0 Å². The minimum absolute atomic E-state index is 0.823. The van der Waals surface area contributed by atoms with Gasteiger partial charge in [-0.2, -0.15) is 0 Å². The smallest absolute Gasteiger partial charge is 0.125 e. The summed E-state index contributed by atoms with van der Waals surface area (Å²) < 4.78 is 0. The van der Waals surface area contributed by atoms with E-state index < -0.39 is 0 Å². The van der Waals surface area contributed by atoms with Crippen LogP contribution in [0.2, 0.25) is 0 Å². The van der Waals surface area contributed by atoms with Crippen molar-refractivity contribution in [2.24, 2.45) is 0 Å². The summed E-state index contributed by atoms with van der Waals surface area (Å²) in [6.45, 7) is 6.45. The summed E-state index contributed by atoms with van der Waals surface area (Å²) in [5, 5.41) is 7.54. The summed E-state index contributed by atoms with van der Waals surface area (Å²) in [4.78, 5) is 8.36. The van der Waals surface area contributed by atoms with Crippen molar-refractivity contribution < 1.29 is 0 Å². The monoisotopic (exact) mass is 230 g/mol. The highest BCUT2D eigenvalue weighted by Gasteiger charge is 1.92. The Balaban J connectivity index is 0.000000153. The predicted octanol–water partition coefficient (Wildman–Crippen LogP) is 1.12. The molecule has 0 atom stereocenters. The van der Waals surface area contributed by atoms with E-state index in [2.05, 4.69) is 20.6 Å². The molecule has 0 saturated carbocycles. The van der Waals surface area contributed by atoms with Gasteiger partial charge in [-0.1, -0.05) is 18.2 Å². The number of benzene rings is 1. The summed E-state index contributed by atoms with van der Waals surface area (Å²) in [6.07, 6.45) is 1.84. The number of para-hydroxylation sites is 1. The van der Waals surface area contributed by atoms with Gasteiger partial charge in [0.2, 0.25) is 0 Å². The number of hydrogen-bond acceptors (Lipinski definition) is 4. The SMILES string of the molecule is C1CNCCN1.Cc1ncc2ccccc2n1. The summed E-state index contributed by atoms with van der Waals surface area (Å²) in [5.74, 6) is 0.823. The molecule has 1 saturated heterocycles. The molecule has 0 unspecified atom stereocenters. The number of piperazine rings is 1. The highest BCUT2D eigenvalue weighted by Crippen LogP contribution is 2.08. The van der Waals surface area contributed by atoms with E-state index in [-0.39, 0.29) is 0 Å². The molecule has 2 aromatic rings.